The number of amides is 1. The second-order valence-corrected chi connectivity index (χ2v) is 4.71. The molecule has 0 aliphatic rings. The fraction of sp³-hybridized carbons (Fsp3) is 0.182. The van der Waals surface area contributed by atoms with Gasteiger partial charge in [0.1, 0.15) is 11.6 Å². The van der Waals surface area contributed by atoms with E-state index in [1.165, 1.54) is 6.07 Å². The predicted molar refractivity (Wildman–Crippen MR) is 65.1 cm³/mol. The van der Waals surface area contributed by atoms with Gasteiger partial charge in [-0.1, -0.05) is 18.2 Å². The first-order valence-corrected chi connectivity index (χ1v) is 6.03. The van der Waals surface area contributed by atoms with Crippen molar-refractivity contribution in [2.45, 2.75) is 4.90 Å². The Morgan fingerprint density at radius 2 is 2.18 bits per heavy atom. The lowest BCUT2D eigenvalue weighted by atomic mass is 10.3. The summed E-state index contributed by atoms with van der Waals surface area (Å²) in [6.45, 7) is 3.58. The number of hydrogen-bond donors (Lipinski definition) is 1. The van der Waals surface area contributed by atoms with E-state index < -0.39 is 11.6 Å². The van der Waals surface area contributed by atoms with Crippen LogP contribution in [0.3, 0.4) is 0 Å². The lowest BCUT2D eigenvalue weighted by Gasteiger charge is -2.04. The zero-order valence-electron chi connectivity index (χ0n) is 8.80. The smallest absolute Gasteiger partial charge is 0.230 e. The van der Waals surface area contributed by atoms with E-state index in [9.17, 15) is 13.6 Å². The van der Waals surface area contributed by atoms with Gasteiger partial charge < -0.3 is 5.32 Å². The van der Waals surface area contributed by atoms with Crippen molar-refractivity contribution in [3.05, 3.63) is 41.4 Å². The van der Waals surface area contributed by atoms with Crippen molar-refractivity contribution in [1.29, 1.82) is 0 Å². The summed E-state index contributed by atoms with van der Waals surface area (Å²) in [5.74, 6) is -1.58. The summed E-state index contributed by atoms with van der Waals surface area (Å²) in [7, 11) is 0. The number of hydrogen-bond acceptors (Lipinski definition) is 2. The van der Waals surface area contributed by atoms with Crippen LogP contribution in [0.4, 0.5) is 8.78 Å². The highest BCUT2D eigenvalue weighted by Gasteiger charge is 2.07. The van der Waals surface area contributed by atoms with Crippen LogP contribution in [0.15, 0.2) is 34.7 Å². The number of carbonyl (C=O) groups excluding carboxylic acids is 1. The van der Waals surface area contributed by atoms with E-state index in [1.807, 2.05) is 0 Å². The van der Waals surface area contributed by atoms with Crippen molar-refractivity contribution < 1.29 is 13.6 Å². The van der Waals surface area contributed by atoms with Crippen molar-refractivity contribution in [2.24, 2.45) is 0 Å². The SMILES string of the molecule is C=C(Cl)CNC(=O)CSc1ccc(F)cc1F. The van der Waals surface area contributed by atoms with E-state index in [-0.39, 0.29) is 23.1 Å². The highest BCUT2D eigenvalue weighted by molar-refractivity contribution is 8.00. The van der Waals surface area contributed by atoms with Crippen molar-refractivity contribution in [1.82, 2.24) is 5.32 Å². The Kier molecular flexibility index (Phi) is 5.44. The van der Waals surface area contributed by atoms with E-state index >= 15 is 0 Å². The van der Waals surface area contributed by atoms with Gasteiger partial charge in [0.05, 0.1) is 12.3 Å². The van der Waals surface area contributed by atoms with E-state index in [0.717, 1.165) is 23.9 Å². The molecule has 1 rings (SSSR count). The van der Waals surface area contributed by atoms with Crippen LogP contribution in [0.2, 0.25) is 0 Å². The number of benzene rings is 1. The average Bonchev–Trinajstić information content (AvgIpc) is 2.25. The number of carbonyl (C=O) groups is 1. The molecule has 0 saturated carbocycles. The molecule has 0 aliphatic heterocycles. The Bertz CT molecular complexity index is 439. The van der Waals surface area contributed by atoms with Crippen molar-refractivity contribution in [3.8, 4) is 0 Å². The number of thioether (sulfide) groups is 1. The normalized spacial score (nSPS) is 10.1. The van der Waals surface area contributed by atoms with Crippen LogP contribution >= 0.6 is 23.4 Å². The Labute approximate surface area is 107 Å². The Morgan fingerprint density at radius 3 is 2.76 bits per heavy atom. The molecule has 0 aliphatic carbocycles. The van der Waals surface area contributed by atoms with E-state index in [2.05, 4.69) is 11.9 Å². The third kappa shape index (κ3) is 5.19. The molecule has 1 amide bonds. The molecule has 1 aromatic rings. The monoisotopic (exact) mass is 277 g/mol. The molecule has 17 heavy (non-hydrogen) atoms. The van der Waals surface area contributed by atoms with Gasteiger partial charge in [0.15, 0.2) is 0 Å². The van der Waals surface area contributed by atoms with Gasteiger partial charge in [-0.3, -0.25) is 4.79 Å². The van der Waals surface area contributed by atoms with E-state index in [0.29, 0.717) is 5.03 Å². The molecule has 0 bridgehead atoms. The Hall–Kier alpha value is -1.07. The second kappa shape index (κ2) is 6.61. The van der Waals surface area contributed by atoms with Gasteiger partial charge in [-0.25, -0.2) is 8.78 Å². The number of rotatable bonds is 5. The standard InChI is InChI=1S/C11H10ClF2NOS/c1-7(12)5-15-11(16)6-17-10-3-2-8(13)4-9(10)14/h2-4H,1,5-6H2,(H,15,16). The molecule has 0 aromatic heterocycles. The molecule has 0 unspecified atom stereocenters. The lowest BCUT2D eigenvalue weighted by Crippen LogP contribution is -2.26. The molecule has 0 atom stereocenters. The van der Waals surface area contributed by atoms with Crippen LogP contribution in [-0.4, -0.2) is 18.2 Å². The molecule has 0 radical (unpaired) electrons. The molecule has 1 aromatic carbocycles. The minimum Gasteiger partial charge on any atom is -0.350 e. The lowest BCUT2D eigenvalue weighted by molar-refractivity contribution is -0.118. The van der Waals surface area contributed by atoms with E-state index in [1.54, 1.807) is 0 Å². The maximum atomic E-state index is 13.2. The molecule has 92 valence electrons. The first kappa shape index (κ1) is 14.0. The number of halogens is 3. The van der Waals surface area contributed by atoms with Crippen molar-refractivity contribution >= 4 is 29.3 Å². The molecule has 0 saturated heterocycles. The van der Waals surface area contributed by atoms with Crippen LogP contribution in [-0.2, 0) is 4.79 Å². The molecule has 6 heteroatoms. The summed E-state index contributed by atoms with van der Waals surface area (Å²) in [6.07, 6.45) is 0. The third-order valence-electron chi connectivity index (χ3n) is 1.73. The van der Waals surface area contributed by atoms with Gasteiger partial charge in [-0.15, -0.1) is 11.8 Å². The topological polar surface area (TPSA) is 29.1 Å². The summed E-state index contributed by atoms with van der Waals surface area (Å²) in [5, 5.41) is 2.81. The van der Waals surface area contributed by atoms with Gasteiger partial charge in [0.2, 0.25) is 5.91 Å². The maximum Gasteiger partial charge on any atom is 0.230 e. The van der Waals surface area contributed by atoms with E-state index in [4.69, 9.17) is 11.6 Å². The van der Waals surface area contributed by atoms with Crippen molar-refractivity contribution in [3.63, 3.8) is 0 Å². The first-order chi connectivity index (χ1) is 7.99. The van der Waals surface area contributed by atoms with Crippen LogP contribution < -0.4 is 5.32 Å². The molecule has 2 nitrogen and oxygen atoms in total. The predicted octanol–water partition coefficient (Wildman–Crippen LogP) is 2.93. The average molecular weight is 278 g/mol. The largest absolute Gasteiger partial charge is 0.350 e. The zero-order chi connectivity index (χ0) is 12.8. The Balaban J connectivity index is 2.44. The number of nitrogens with one attached hydrogen (secondary N) is 1. The van der Waals surface area contributed by atoms with Crippen LogP contribution in [0.5, 0.6) is 0 Å². The van der Waals surface area contributed by atoms with Crippen LogP contribution in [0.25, 0.3) is 0 Å². The summed E-state index contributed by atoms with van der Waals surface area (Å²) in [6, 6.07) is 3.22. The highest BCUT2D eigenvalue weighted by Crippen LogP contribution is 2.21. The highest BCUT2D eigenvalue weighted by atomic mass is 35.5. The van der Waals surface area contributed by atoms with Gasteiger partial charge >= 0.3 is 0 Å². The Morgan fingerprint density at radius 1 is 1.47 bits per heavy atom. The molecule has 1 N–H and O–H groups in total. The summed E-state index contributed by atoms with van der Waals surface area (Å²) in [4.78, 5) is 11.5. The minimum absolute atomic E-state index is 0.0344. The van der Waals surface area contributed by atoms with Crippen LogP contribution in [0, 0.1) is 11.6 Å². The first-order valence-electron chi connectivity index (χ1n) is 4.67. The molecule has 0 fully saturated rings. The summed E-state index contributed by atoms with van der Waals surface area (Å²) < 4.78 is 25.8. The van der Waals surface area contributed by atoms with Gasteiger partial charge in [0, 0.05) is 16.0 Å². The van der Waals surface area contributed by atoms with Gasteiger partial charge in [-0.05, 0) is 12.1 Å². The fourth-order valence-electron chi connectivity index (χ4n) is 0.981. The second-order valence-electron chi connectivity index (χ2n) is 3.16. The molecule has 0 heterocycles. The molecular formula is C11H10ClF2NOS. The summed E-state index contributed by atoms with van der Waals surface area (Å²) >= 11 is 6.45. The van der Waals surface area contributed by atoms with Gasteiger partial charge in [0.25, 0.3) is 0 Å². The maximum absolute atomic E-state index is 13.2. The van der Waals surface area contributed by atoms with Crippen molar-refractivity contribution in [2.75, 3.05) is 12.3 Å². The minimum atomic E-state index is -0.676. The van der Waals surface area contributed by atoms with Crippen LogP contribution in [0.1, 0.15) is 0 Å². The molecule has 0 spiro atoms. The van der Waals surface area contributed by atoms with Gasteiger partial charge in [-0.2, -0.15) is 0 Å². The fourth-order valence-corrected chi connectivity index (χ4v) is 1.80. The zero-order valence-corrected chi connectivity index (χ0v) is 10.4. The quantitative estimate of drug-likeness (QED) is 0.839. The summed E-state index contributed by atoms with van der Waals surface area (Å²) in [5.41, 5.74) is 0. The molecular weight excluding hydrogens is 268 g/mol. The third-order valence-corrected chi connectivity index (χ3v) is 2.91.